The summed E-state index contributed by atoms with van der Waals surface area (Å²) in [6, 6.07) is 8.08. The average Bonchev–Trinajstić information content (AvgIpc) is 2.61. The Morgan fingerprint density at radius 1 is 1.41 bits per heavy atom. The highest BCUT2D eigenvalue weighted by atomic mass is 35.5. The number of methoxy groups -OCH3 is 1. The Kier molecular flexibility index (Phi) is 7.19. The van der Waals surface area contributed by atoms with E-state index in [1.54, 1.807) is 13.0 Å². The second-order valence-electron chi connectivity index (χ2n) is 5.48. The molecule has 0 unspecified atom stereocenters. The summed E-state index contributed by atoms with van der Waals surface area (Å²) < 4.78 is 5.10. The van der Waals surface area contributed by atoms with Gasteiger partial charge in [0.05, 0.1) is 28.5 Å². The van der Waals surface area contributed by atoms with Gasteiger partial charge in [0, 0.05) is 18.5 Å². The van der Waals surface area contributed by atoms with E-state index in [0.29, 0.717) is 27.5 Å². The zero-order chi connectivity index (χ0) is 20.0. The first kappa shape index (κ1) is 20.7. The standard InChI is InChI=1S/C18H16ClN3O4S/c1-10-5-11(8-26-2)14(7-20)17(21-10)27-9-16(23)22-12-3-4-15(19)13(6-12)18(24)25/h3-6H,8-9H2,1-2H3,(H,22,23)(H,24,25). The Bertz CT molecular complexity index is 928. The molecular formula is C18H16ClN3O4S. The van der Waals surface area contributed by atoms with Crippen LogP contribution < -0.4 is 5.32 Å². The molecule has 1 aromatic heterocycles. The lowest BCUT2D eigenvalue weighted by atomic mass is 10.1. The number of carbonyl (C=O) groups excluding carboxylic acids is 1. The van der Waals surface area contributed by atoms with E-state index in [0.717, 1.165) is 11.8 Å². The van der Waals surface area contributed by atoms with Gasteiger partial charge in [-0.3, -0.25) is 4.79 Å². The predicted molar refractivity (Wildman–Crippen MR) is 102 cm³/mol. The van der Waals surface area contributed by atoms with Crippen LogP contribution in [0.15, 0.2) is 29.3 Å². The number of aromatic nitrogens is 1. The molecule has 0 aliphatic carbocycles. The Morgan fingerprint density at radius 2 is 2.15 bits per heavy atom. The van der Waals surface area contributed by atoms with Gasteiger partial charge in [-0.1, -0.05) is 23.4 Å². The van der Waals surface area contributed by atoms with Gasteiger partial charge in [0.15, 0.2) is 0 Å². The number of nitrogens with zero attached hydrogens (tertiary/aromatic N) is 2. The van der Waals surface area contributed by atoms with E-state index >= 15 is 0 Å². The monoisotopic (exact) mass is 405 g/mol. The van der Waals surface area contributed by atoms with Crippen LogP contribution in [0.25, 0.3) is 0 Å². The van der Waals surface area contributed by atoms with E-state index < -0.39 is 5.97 Å². The number of amides is 1. The Morgan fingerprint density at radius 3 is 2.78 bits per heavy atom. The molecule has 9 heteroatoms. The number of nitrogens with one attached hydrogen (secondary N) is 1. The topological polar surface area (TPSA) is 112 Å². The van der Waals surface area contributed by atoms with Gasteiger partial charge in [-0.25, -0.2) is 9.78 Å². The Labute approximate surface area is 165 Å². The van der Waals surface area contributed by atoms with Gasteiger partial charge in [-0.15, -0.1) is 0 Å². The van der Waals surface area contributed by atoms with Crippen LogP contribution in [0.3, 0.4) is 0 Å². The highest BCUT2D eigenvalue weighted by Gasteiger charge is 2.15. The van der Waals surface area contributed by atoms with Crippen LogP contribution in [-0.4, -0.2) is 34.8 Å². The van der Waals surface area contributed by atoms with Gasteiger partial charge in [-0.05, 0) is 36.8 Å². The predicted octanol–water partition coefficient (Wildman–Crippen LogP) is 3.49. The number of benzene rings is 1. The number of carbonyl (C=O) groups is 2. The van der Waals surface area contributed by atoms with E-state index in [1.807, 2.05) is 0 Å². The van der Waals surface area contributed by atoms with E-state index in [-0.39, 0.29) is 28.9 Å². The maximum atomic E-state index is 12.2. The lowest BCUT2D eigenvalue weighted by Crippen LogP contribution is -2.15. The summed E-state index contributed by atoms with van der Waals surface area (Å²) in [6.45, 7) is 2.07. The molecule has 1 heterocycles. The molecule has 0 bridgehead atoms. The highest BCUT2D eigenvalue weighted by molar-refractivity contribution is 8.00. The molecule has 0 saturated carbocycles. The van der Waals surface area contributed by atoms with Gasteiger partial charge in [0.1, 0.15) is 11.1 Å². The number of thioether (sulfide) groups is 1. The largest absolute Gasteiger partial charge is 0.478 e. The molecule has 0 radical (unpaired) electrons. The number of nitriles is 1. The van der Waals surface area contributed by atoms with Crippen molar-refractivity contribution in [3.63, 3.8) is 0 Å². The number of halogens is 1. The van der Waals surface area contributed by atoms with Crippen molar-refractivity contribution in [3.8, 4) is 6.07 Å². The zero-order valence-corrected chi connectivity index (χ0v) is 16.1. The summed E-state index contributed by atoms with van der Waals surface area (Å²) >= 11 is 6.93. The fraction of sp³-hybridized carbons (Fsp3) is 0.222. The van der Waals surface area contributed by atoms with Crippen LogP contribution in [0, 0.1) is 18.3 Å². The Balaban J connectivity index is 2.11. The van der Waals surface area contributed by atoms with Crippen molar-refractivity contribution in [1.82, 2.24) is 4.98 Å². The van der Waals surface area contributed by atoms with Gasteiger partial charge >= 0.3 is 5.97 Å². The fourth-order valence-corrected chi connectivity index (χ4v) is 3.37. The van der Waals surface area contributed by atoms with Gasteiger partial charge < -0.3 is 15.2 Å². The first-order valence-corrected chi connectivity index (χ1v) is 9.07. The number of hydrogen-bond donors (Lipinski definition) is 2. The van der Waals surface area contributed by atoms with Crippen LogP contribution in [0.4, 0.5) is 5.69 Å². The van der Waals surface area contributed by atoms with E-state index in [1.165, 1.54) is 25.3 Å². The molecule has 7 nitrogen and oxygen atoms in total. The third-order valence-corrected chi connectivity index (χ3v) is 4.73. The molecule has 2 aromatic rings. The van der Waals surface area contributed by atoms with E-state index in [9.17, 15) is 14.9 Å². The summed E-state index contributed by atoms with van der Waals surface area (Å²) in [7, 11) is 1.54. The van der Waals surface area contributed by atoms with Crippen LogP contribution in [-0.2, 0) is 16.1 Å². The molecule has 0 fully saturated rings. The average molecular weight is 406 g/mol. The maximum Gasteiger partial charge on any atom is 0.337 e. The minimum atomic E-state index is -1.18. The van der Waals surface area contributed by atoms with Crippen molar-refractivity contribution in [3.05, 3.63) is 51.7 Å². The number of anilines is 1. The molecule has 140 valence electrons. The van der Waals surface area contributed by atoms with Gasteiger partial charge in [0.25, 0.3) is 0 Å². The van der Waals surface area contributed by atoms with Crippen molar-refractivity contribution >= 4 is 40.9 Å². The van der Waals surface area contributed by atoms with Crippen LogP contribution >= 0.6 is 23.4 Å². The number of pyridine rings is 1. The SMILES string of the molecule is COCc1cc(C)nc(SCC(=O)Nc2ccc(Cl)c(C(=O)O)c2)c1C#N. The fourth-order valence-electron chi connectivity index (χ4n) is 2.30. The zero-order valence-electron chi connectivity index (χ0n) is 14.6. The minimum Gasteiger partial charge on any atom is -0.478 e. The molecule has 2 N–H and O–H groups in total. The first-order valence-electron chi connectivity index (χ1n) is 7.70. The van der Waals surface area contributed by atoms with Gasteiger partial charge in [0.2, 0.25) is 5.91 Å². The number of aromatic carboxylic acids is 1. The van der Waals surface area contributed by atoms with Gasteiger partial charge in [-0.2, -0.15) is 5.26 Å². The second kappa shape index (κ2) is 9.37. The quantitative estimate of drug-likeness (QED) is 0.678. The maximum absolute atomic E-state index is 12.2. The molecule has 0 aliphatic rings. The number of carboxylic acids is 1. The number of aryl methyl sites for hydroxylation is 1. The summed E-state index contributed by atoms with van der Waals surface area (Å²) in [5.74, 6) is -1.54. The molecular weight excluding hydrogens is 390 g/mol. The van der Waals surface area contributed by atoms with Crippen LogP contribution in [0.1, 0.15) is 27.2 Å². The van der Waals surface area contributed by atoms with Crippen molar-refractivity contribution < 1.29 is 19.4 Å². The van der Waals surface area contributed by atoms with Crippen LogP contribution in [0.5, 0.6) is 0 Å². The molecule has 1 aromatic carbocycles. The molecule has 27 heavy (non-hydrogen) atoms. The molecule has 0 saturated heterocycles. The molecule has 1 amide bonds. The van der Waals surface area contributed by atoms with E-state index in [4.69, 9.17) is 21.4 Å². The van der Waals surface area contributed by atoms with Crippen molar-refractivity contribution in [2.24, 2.45) is 0 Å². The third-order valence-electron chi connectivity index (χ3n) is 3.43. The summed E-state index contributed by atoms with van der Waals surface area (Å²) in [5, 5.41) is 21.6. The lowest BCUT2D eigenvalue weighted by Gasteiger charge is -2.10. The van der Waals surface area contributed by atoms with E-state index in [2.05, 4.69) is 16.4 Å². The smallest absolute Gasteiger partial charge is 0.337 e. The van der Waals surface area contributed by atoms with Crippen molar-refractivity contribution in [1.29, 1.82) is 5.26 Å². The summed E-state index contributed by atoms with van der Waals surface area (Å²) in [5.41, 5.74) is 2.02. The van der Waals surface area contributed by atoms with Crippen molar-refractivity contribution in [2.45, 2.75) is 18.6 Å². The summed E-state index contributed by atoms with van der Waals surface area (Å²) in [4.78, 5) is 27.6. The molecule has 0 aliphatic heterocycles. The molecule has 0 spiro atoms. The highest BCUT2D eigenvalue weighted by Crippen LogP contribution is 2.25. The second-order valence-corrected chi connectivity index (χ2v) is 6.86. The molecule has 2 rings (SSSR count). The number of hydrogen-bond acceptors (Lipinski definition) is 6. The number of ether oxygens (including phenoxy) is 1. The third kappa shape index (κ3) is 5.44. The minimum absolute atomic E-state index is 0.00257. The normalized spacial score (nSPS) is 10.3. The van der Waals surface area contributed by atoms with Crippen molar-refractivity contribution in [2.75, 3.05) is 18.2 Å². The Hall–Kier alpha value is -2.60. The molecule has 0 atom stereocenters. The number of rotatable bonds is 7. The first-order chi connectivity index (χ1) is 12.8. The summed E-state index contributed by atoms with van der Waals surface area (Å²) in [6.07, 6.45) is 0. The van der Waals surface area contributed by atoms with Crippen LogP contribution in [0.2, 0.25) is 5.02 Å². The number of carboxylic acid groups (broad SMARTS) is 1. The lowest BCUT2D eigenvalue weighted by molar-refractivity contribution is -0.113.